The van der Waals surface area contributed by atoms with Crippen molar-refractivity contribution < 1.29 is 14.6 Å². The molecule has 150 valence electrons. The van der Waals surface area contributed by atoms with Crippen LogP contribution in [0.5, 0.6) is 11.5 Å². The molecule has 1 aromatic carbocycles. The van der Waals surface area contributed by atoms with Crippen LogP contribution in [0.15, 0.2) is 41.7 Å². The maximum Gasteiger partial charge on any atom is 0.194 e. The molecule has 7 heteroatoms. The van der Waals surface area contributed by atoms with Crippen LogP contribution in [0, 0.1) is 0 Å². The topological polar surface area (TPSA) is 79.2 Å². The van der Waals surface area contributed by atoms with Crippen molar-refractivity contribution >= 4 is 5.96 Å². The van der Waals surface area contributed by atoms with Gasteiger partial charge in [-0.1, -0.05) is 0 Å². The number of rotatable bonds is 6. The van der Waals surface area contributed by atoms with Crippen LogP contribution in [0.2, 0.25) is 0 Å². The number of aliphatic hydroxyl groups excluding tert-OH is 1. The van der Waals surface area contributed by atoms with E-state index in [0.29, 0.717) is 6.54 Å². The molecule has 0 saturated carbocycles. The SMILES string of the molecule is CCNC(=NCC(O)c1ccncc1)N1CCc2cc(OC)c(OC)cc2C1. The highest BCUT2D eigenvalue weighted by atomic mass is 16.5. The van der Waals surface area contributed by atoms with Crippen LogP contribution in [0.4, 0.5) is 0 Å². The van der Waals surface area contributed by atoms with E-state index in [4.69, 9.17) is 9.47 Å². The summed E-state index contributed by atoms with van der Waals surface area (Å²) in [7, 11) is 3.31. The zero-order chi connectivity index (χ0) is 19.9. The van der Waals surface area contributed by atoms with Crippen molar-refractivity contribution in [2.45, 2.75) is 26.0 Å². The van der Waals surface area contributed by atoms with Gasteiger partial charge in [0.05, 0.1) is 26.9 Å². The van der Waals surface area contributed by atoms with E-state index in [1.165, 1.54) is 11.1 Å². The fourth-order valence-electron chi connectivity index (χ4n) is 3.35. The van der Waals surface area contributed by atoms with Crippen LogP contribution in [0.3, 0.4) is 0 Å². The average molecular weight is 384 g/mol. The second-order valence-corrected chi connectivity index (χ2v) is 6.64. The summed E-state index contributed by atoms with van der Waals surface area (Å²) >= 11 is 0. The summed E-state index contributed by atoms with van der Waals surface area (Å²) in [4.78, 5) is 10.9. The Morgan fingerprint density at radius 3 is 2.54 bits per heavy atom. The zero-order valence-electron chi connectivity index (χ0n) is 16.7. The van der Waals surface area contributed by atoms with Crippen LogP contribution in [0.1, 0.15) is 29.7 Å². The Kier molecular flexibility index (Phi) is 6.71. The standard InChI is InChI=1S/C21H28N4O3/c1-4-23-21(24-13-18(26)15-5-8-22-9-6-15)25-10-7-16-11-19(27-2)20(28-3)12-17(16)14-25/h5-6,8-9,11-12,18,26H,4,7,10,13-14H2,1-3H3,(H,23,24). The van der Waals surface area contributed by atoms with Gasteiger partial charge in [0.15, 0.2) is 17.5 Å². The first kappa shape index (κ1) is 19.9. The molecule has 0 spiro atoms. The lowest BCUT2D eigenvalue weighted by Gasteiger charge is -2.32. The molecule has 1 atom stereocenters. The van der Waals surface area contributed by atoms with E-state index in [0.717, 1.165) is 49.1 Å². The molecule has 2 heterocycles. The lowest BCUT2D eigenvalue weighted by molar-refractivity contribution is 0.186. The number of aromatic nitrogens is 1. The number of pyridine rings is 1. The van der Waals surface area contributed by atoms with Crippen molar-refractivity contribution in [3.05, 3.63) is 53.3 Å². The van der Waals surface area contributed by atoms with E-state index < -0.39 is 6.10 Å². The van der Waals surface area contributed by atoms with Gasteiger partial charge in [0.25, 0.3) is 0 Å². The third kappa shape index (κ3) is 4.54. The number of hydrogen-bond acceptors (Lipinski definition) is 5. The average Bonchev–Trinajstić information content (AvgIpc) is 2.75. The number of guanidine groups is 1. The number of aliphatic imine (C=N–C) groups is 1. The summed E-state index contributed by atoms with van der Waals surface area (Å²) < 4.78 is 10.9. The van der Waals surface area contributed by atoms with Crippen LogP contribution in [-0.2, 0) is 13.0 Å². The summed E-state index contributed by atoms with van der Waals surface area (Å²) in [5.74, 6) is 2.30. The molecule has 28 heavy (non-hydrogen) atoms. The third-order valence-electron chi connectivity index (χ3n) is 4.86. The lowest BCUT2D eigenvalue weighted by Crippen LogP contribution is -2.44. The fraction of sp³-hybridized carbons (Fsp3) is 0.429. The Morgan fingerprint density at radius 1 is 1.21 bits per heavy atom. The van der Waals surface area contributed by atoms with E-state index in [1.807, 2.05) is 25.1 Å². The number of fused-ring (bicyclic) bond motifs is 1. The minimum atomic E-state index is -0.655. The molecule has 0 bridgehead atoms. The summed E-state index contributed by atoms with van der Waals surface area (Å²) in [6, 6.07) is 7.71. The van der Waals surface area contributed by atoms with Crippen molar-refractivity contribution in [1.29, 1.82) is 0 Å². The molecule has 2 N–H and O–H groups in total. The van der Waals surface area contributed by atoms with Crippen molar-refractivity contribution in [1.82, 2.24) is 15.2 Å². The van der Waals surface area contributed by atoms with Crippen molar-refractivity contribution in [3.8, 4) is 11.5 Å². The number of hydrogen-bond donors (Lipinski definition) is 2. The molecule has 2 aromatic rings. The van der Waals surface area contributed by atoms with Gasteiger partial charge in [0.1, 0.15) is 0 Å². The number of nitrogens with one attached hydrogen (secondary N) is 1. The molecule has 1 aromatic heterocycles. The van der Waals surface area contributed by atoms with Crippen LogP contribution in [-0.4, -0.2) is 54.8 Å². The fourth-order valence-corrected chi connectivity index (χ4v) is 3.35. The first-order valence-electron chi connectivity index (χ1n) is 9.51. The molecule has 3 rings (SSSR count). The summed E-state index contributed by atoms with van der Waals surface area (Å²) in [5, 5.41) is 13.7. The summed E-state index contributed by atoms with van der Waals surface area (Å²) in [5.41, 5.74) is 3.28. The lowest BCUT2D eigenvalue weighted by atomic mass is 9.99. The Bertz CT molecular complexity index is 811. The Hall–Kier alpha value is -2.80. The van der Waals surface area contributed by atoms with Gasteiger partial charge in [-0.2, -0.15) is 0 Å². The van der Waals surface area contributed by atoms with Gasteiger partial charge in [0, 0.05) is 32.0 Å². The smallest absolute Gasteiger partial charge is 0.194 e. The van der Waals surface area contributed by atoms with Crippen LogP contribution < -0.4 is 14.8 Å². The van der Waals surface area contributed by atoms with E-state index >= 15 is 0 Å². The van der Waals surface area contributed by atoms with E-state index in [1.54, 1.807) is 26.6 Å². The maximum atomic E-state index is 10.4. The molecule has 0 amide bonds. The highest BCUT2D eigenvalue weighted by Crippen LogP contribution is 2.33. The van der Waals surface area contributed by atoms with Gasteiger partial charge in [-0.25, -0.2) is 0 Å². The molecular weight excluding hydrogens is 356 g/mol. The molecule has 0 fully saturated rings. The quantitative estimate of drug-likeness (QED) is 0.587. The molecule has 1 aliphatic rings. The molecule has 7 nitrogen and oxygen atoms in total. The number of benzene rings is 1. The minimum Gasteiger partial charge on any atom is -0.493 e. The van der Waals surface area contributed by atoms with Crippen LogP contribution >= 0.6 is 0 Å². The van der Waals surface area contributed by atoms with Gasteiger partial charge < -0.3 is 24.8 Å². The molecule has 0 radical (unpaired) electrons. The van der Waals surface area contributed by atoms with Gasteiger partial charge >= 0.3 is 0 Å². The monoisotopic (exact) mass is 384 g/mol. The minimum absolute atomic E-state index is 0.293. The first-order chi connectivity index (χ1) is 13.7. The number of ether oxygens (including phenoxy) is 2. The predicted molar refractivity (Wildman–Crippen MR) is 109 cm³/mol. The van der Waals surface area contributed by atoms with Crippen molar-refractivity contribution in [2.75, 3.05) is 33.9 Å². The Balaban J connectivity index is 1.76. The maximum absolute atomic E-state index is 10.4. The zero-order valence-corrected chi connectivity index (χ0v) is 16.7. The Labute approximate surface area is 166 Å². The van der Waals surface area contributed by atoms with E-state index in [9.17, 15) is 5.11 Å². The number of aliphatic hydroxyl groups is 1. The second-order valence-electron chi connectivity index (χ2n) is 6.64. The third-order valence-corrected chi connectivity index (χ3v) is 4.86. The summed E-state index contributed by atoms with van der Waals surface area (Å²) in [6.07, 6.45) is 3.60. The van der Waals surface area contributed by atoms with Gasteiger partial charge in [-0.05, 0) is 54.3 Å². The molecule has 0 aliphatic carbocycles. The summed E-state index contributed by atoms with van der Waals surface area (Å²) in [6.45, 7) is 4.67. The second kappa shape index (κ2) is 9.41. The molecule has 1 aliphatic heterocycles. The highest BCUT2D eigenvalue weighted by molar-refractivity contribution is 5.80. The highest BCUT2D eigenvalue weighted by Gasteiger charge is 2.22. The predicted octanol–water partition coefficient (Wildman–Crippen LogP) is 2.16. The van der Waals surface area contributed by atoms with Crippen molar-refractivity contribution in [2.24, 2.45) is 4.99 Å². The number of methoxy groups -OCH3 is 2. The largest absolute Gasteiger partial charge is 0.493 e. The molecule has 1 unspecified atom stereocenters. The van der Waals surface area contributed by atoms with Crippen LogP contribution in [0.25, 0.3) is 0 Å². The normalized spacial score (nSPS) is 15.0. The first-order valence-corrected chi connectivity index (χ1v) is 9.51. The Morgan fingerprint density at radius 2 is 1.89 bits per heavy atom. The van der Waals surface area contributed by atoms with Gasteiger partial charge in [-0.15, -0.1) is 0 Å². The van der Waals surface area contributed by atoms with Gasteiger partial charge in [-0.3, -0.25) is 9.98 Å². The van der Waals surface area contributed by atoms with E-state index in [2.05, 4.69) is 26.3 Å². The number of nitrogens with zero attached hydrogens (tertiary/aromatic N) is 3. The molecular formula is C21H28N4O3. The molecule has 0 saturated heterocycles. The van der Waals surface area contributed by atoms with E-state index in [-0.39, 0.29) is 0 Å². The van der Waals surface area contributed by atoms with Crippen molar-refractivity contribution in [3.63, 3.8) is 0 Å². The van der Waals surface area contributed by atoms with Gasteiger partial charge in [0.2, 0.25) is 0 Å².